The Labute approximate surface area is 129 Å². The first-order valence-corrected chi connectivity index (χ1v) is 8.50. The predicted molar refractivity (Wildman–Crippen MR) is 82.2 cm³/mol. The van der Waals surface area contributed by atoms with Gasteiger partial charge in [-0.2, -0.15) is 0 Å². The first-order valence-electron chi connectivity index (χ1n) is 7.51. The first kappa shape index (κ1) is 16.3. The number of aliphatic hydroxyl groups is 1. The average molecular weight is 312 g/mol. The molecule has 1 saturated carbocycles. The molecule has 6 nitrogen and oxygen atoms in total. The molecule has 2 N–H and O–H groups in total. The van der Waals surface area contributed by atoms with E-state index in [0.717, 1.165) is 30.8 Å². The number of carbonyl (C=O) groups is 1. The fourth-order valence-corrected chi connectivity index (χ4v) is 3.39. The molecule has 1 fully saturated rings. The van der Waals surface area contributed by atoms with E-state index in [4.69, 9.17) is 0 Å². The molecule has 0 radical (unpaired) electrons. The third-order valence-corrected chi connectivity index (χ3v) is 4.78. The molecule has 7 heteroatoms. The van der Waals surface area contributed by atoms with Gasteiger partial charge in [0.25, 0.3) is 0 Å². The Bertz CT molecular complexity index is 469. The van der Waals surface area contributed by atoms with Crippen LogP contribution in [0.3, 0.4) is 0 Å². The van der Waals surface area contributed by atoms with Crippen molar-refractivity contribution in [2.75, 3.05) is 12.3 Å². The highest BCUT2D eigenvalue weighted by Crippen LogP contribution is 2.27. The van der Waals surface area contributed by atoms with E-state index >= 15 is 0 Å². The number of carbonyl (C=O) groups excluding carboxylic acids is 1. The van der Waals surface area contributed by atoms with Crippen LogP contribution in [0.1, 0.15) is 52.0 Å². The largest absolute Gasteiger partial charge is 0.388 e. The van der Waals surface area contributed by atoms with E-state index in [1.807, 2.05) is 18.4 Å². The summed E-state index contributed by atoms with van der Waals surface area (Å²) in [5.41, 5.74) is -0.712. The van der Waals surface area contributed by atoms with Crippen molar-refractivity contribution >= 4 is 17.7 Å². The van der Waals surface area contributed by atoms with Gasteiger partial charge in [-0.05, 0) is 26.7 Å². The summed E-state index contributed by atoms with van der Waals surface area (Å²) < 4.78 is 1.94. The van der Waals surface area contributed by atoms with Crippen molar-refractivity contribution in [3.05, 3.63) is 6.33 Å². The fraction of sp³-hybridized carbons (Fsp3) is 0.786. The maximum absolute atomic E-state index is 11.9. The lowest BCUT2D eigenvalue weighted by Crippen LogP contribution is -2.44. The third-order valence-electron chi connectivity index (χ3n) is 3.83. The molecule has 2 rings (SSSR count). The van der Waals surface area contributed by atoms with E-state index in [2.05, 4.69) is 15.5 Å². The molecule has 0 aromatic carbocycles. The Morgan fingerprint density at radius 1 is 1.48 bits per heavy atom. The molecule has 118 valence electrons. The summed E-state index contributed by atoms with van der Waals surface area (Å²) in [5.74, 6) is 0.221. The number of hydrogen-bond acceptors (Lipinski definition) is 5. The number of rotatable bonds is 6. The van der Waals surface area contributed by atoms with Crippen LogP contribution in [0.4, 0.5) is 0 Å². The Hall–Kier alpha value is -1.08. The minimum Gasteiger partial charge on any atom is -0.388 e. The van der Waals surface area contributed by atoms with Gasteiger partial charge in [-0.25, -0.2) is 0 Å². The van der Waals surface area contributed by atoms with Crippen LogP contribution < -0.4 is 5.32 Å². The van der Waals surface area contributed by atoms with Gasteiger partial charge in [0, 0.05) is 12.6 Å². The molecule has 21 heavy (non-hydrogen) atoms. The van der Waals surface area contributed by atoms with Crippen LogP contribution in [0.15, 0.2) is 11.5 Å². The summed E-state index contributed by atoms with van der Waals surface area (Å²) in [6.45, 7) is 4.45. The van der Waals surface area contributed by atoms with Crippen molar-refractivity contribution in [2.45, 2.75) is 62.8 Å². The van der Waals surface area contributed by atoms with Crippen LogP contribution in [0.5, 0.6) is 0 Å². The number of nitrogens with one attached hydrogen (secondary N) is 1. The topological polar surface area (TPSA) is 80.0 Å². The molecule has 0 atom stereocenters. The quantitative estimate of drug-likeness (QED) is 0.783. The van der Waals surface area contributed by atoms with Crippen molar-refractivity contribution in [1.29, 1.82) is 0 Å². The van der Waals surface area contributed by atoms with Crippen molar-refractivity contribution in [3.8, 4) is 0 Å². The minimum atomic E-state index is -0.712. The Balaban J connectivity index is 1.76. The van der Waals surface area contributed by atoms with Crippen LogP contribution in [0.2, 0.25) is 0 Å². The molecular formula is C14H24N4O2S. The molecule has 1 aliphatic carbocycles. The number of aromatic nitrogens is 3. The van der Waals surface area contributed by atoms with Gasteiger partial charge in [-0.3, -0.25) is 4.79 Å². The van der Waals surface area contributed by atoms with Gasteiger partial charge in [0.1, 0.15) is 6.33 Å². The number of hydrogen-bond donors (Lipinski definition) is 2. The lowest BCUT2D eigenvalue weighted by atomic mass is 9.85. The lowest BCUT2D eigenvalue weighted by molar-refractivity contribution is -0.120. The minimum absolute atomic E-state index is 0.0719. The monoisotopic (exact) mass is 312 g/mol. The number of thioether (sulfide) groups is 1. The van der Waals surface area contributed by atoms with Crippen LogP contribution in [-0.2, 0) is 4.79 Å². The van der Waals surface area contributed by atoms with Crippen molar-refractivity contribution < 1.29 is 9.90 Å². The maximum Gasteiger partial charge on any atom is 0.230 e. The van der Waals surface area contributed by atoms with Crippen LogP contribution in [0.25, 0.3) is 0 Å². The van der Waals surface area contributed by atoms with E-state index in [1.165, 1.54) is 18.2 Å². The van der Waals surface area contributed by atoms with Crippen LogP contribution >= 0.6 is 11.8 Å². The molecule has 1 amide bonds. The van der Waals surface area contributed by atoms with E-state index in [9.17, 15) is 9.90 Å². The molecule has 1 heterocycles. The number of amides is 1. The molecular weight excluding hydrogens is 288 g/mol. The lowest BCUT2D eigenvalue weighted by Gasteiger charge is -2.32. The average Bonchev–Trinajstić information content (AvgIpc) is 2.92. The molecule has 1 aromatic rings. The third kappa shape index (κ3) is 4.71. The summed E-state index contributed by atoms with van der Waals surface area (Å²) in [6, 6.07) is 0.272. The van der Waals surface area contributed by atoms with E-state index in [1.54, 1.807) is 6.33 Å². The Morgan fingerprint density at radius 3 is 2.86 bits per heavy atom. The summed E-state index contributed by atoms with van der Waals surface area (Å²) in [4.78, 5) is 11.9. The fourth-order valence-electron chi connectivity index (χ4n) is 2.52. The van der Waals surface area contributed by atoms with E-state index < -0.39 is 5.60 Å². The highest BCUT2D eigenvalue weighted by Gasteiger charge is 2.29. The molecule has 1 aromatic heterocycles. The van der Waals surface area contributed by atoms with Crippen molar-refractivity contribution in [3.63, 3.8) is 0 Å². The zero-order valence-corrected chi connectivity index (χ0v) is 13.5. The second-order valence-corrected chi connectivity index (χ2v) is 6.91. The highest BCUT2D eigenvalue weighted by atomic mass is 32.2. The van der Waals surface area contributed by atoms with Gasteiger partial charge in [0.05, 0.1) is 11.4 Å². The zero-order valence-electron chi connectivity index (χ0n) is 12.7. The highest BCUT2D eigenvalue weighted by molar-refractivity contribution is 7.99. The maximum atomic E-state index is 11.9. The molecule has 0 aliphatic heterocycles. The standard InChI is InChI=1S/C14H24N4O2S/c1-11(2)18-10-16-17-13(18)21-8-12(19)15-9-14(20)6-4-3-5-7-14/h10-11,20H,3-9H2,1-2H3,(H,15,19). The van der Waals surface area contributed by atoms with Gasteiger partial charge >= 0.3 is 0 Å². The number of nitrogens with zero attached hydrogens (tertiary/aromatic N) is 3. The smallest absolute Gasteiger partial charge is 0.230 e. The SMILES string of the molecule is CC(C)n1cnnc1SCC(=O)NCC1(O)CCCCC1. The Morgan fingerprint density at radius 2 is 2.19 bits per heavy atom. The molecule has 0 bridgehead atoms. The summed E-state index contributed by atoms with van der Waals surface area (Å²) in [5, 5.41) is 21.8. The summed E-state index contributed by atoms with van der Waals surface area (Å²) in [6.07, 6.45) is 6.49. The first-order chi connectivity index (χ1) is 10.0. The molecule has 0 spiro atoms. The summed E-state index contributed by atoms with van der Waals surface area (Å²) >= 11 is 1.37. The van der Waals surface area contributed by atoms with Crippen LogP contribution in [0, 0.1) is 0 Å². The Kier molecular flexibility index (Phi) is 5.64. The second kappa shape index (κ2) is 7.26. The van der Waals surface area contributed by atoms with Gasteiger partial charge < -0.3 is 15.0 Å². The summed E-state index contributed by atoms with van der Waals surface area (Å²) in [7, 11) is 0. The zero-order chi connectivity index (χ0) is 15.3. The van der Waals surface area contributed by atoms with Gasteiger partial charge in [-0.15, -0.1) is 10.2 Å². The van der Waals surface area contributed by atoms with Crippen molar-refractivity contribution in [2.24, 2.45) is 0 Å². The predicted octanol–water partition coefficient (Wildman–Crippen LogP) is 1.76. The van der Waals surface area contributed by atoms with Crippen LogP contribution in [-0.4, -0.2) is 43.7 Å². The van der Waals surface area contributed by atoms with Gasteiger partial charge in [0.2, 0.25) is 5.91 Å². The molecule has 1 aliphatic rings. The van der Waals surface area contributed by atoms with Gasteiger partial charge in [0.15, 0.2) is 5.16 Å². The second-order valence-electron chi connectivity index (χ2n) is 5.96. The normalized spacial score (nSPS) is 17.9. The molecule has 0 unspecified atom stereocenters. The molecule has 0 saturated heterocycles. The van der Waals surface area contributed by atoms with Gasteiger partial charge in [-0.1, -0.05) is 31.0 Å². The van der Waals surface area contributed by atoms with E-state index in [-0.39, 0.29) is 11.9 Å². The van der Waals surface area contributed by atoms with Crippen molar-refractivity contribution in [1.82, 2.24) is 20.1 Å². The van der Waals surface area contributed by atoms with E-state index in [0.29, 0.717) is 12.3 Å².